The predicted octanol–water partition coefficient (Wildman–Crippen LogP) is 7.86. The number of anilines is 2. The fourth-order valence-corrected chi connectivity index (χ4v) is 3.80. The monoisotopic (exact) mass is 434 g/mol. The lowest BCUT2D eigenvalue weighted by molar-refractivity contribution is 0.852. The Balaban J connectivity index is 2.53. The number of allylic oxidation sites excluding steroid dienone is 4. The first-order valence-electron chi connectivity index (χ1n) is 10.8. The Morgan fingerprint density at radius 2 is 1.81 bits per heavy atom. The van der Waals surface area contributed by atoms with Gasteiger partial charge in [-0.25, -0.2) is 0 Å². The smallest absolute Gasteiger partial charge is 0.0442 e. The standard InChI is InChI=1S/C28H35ClN2/c1-9-12-23-18-24(15-16-27(23)29)31(8)21(6)22-14-17-28(30(7)11-3)26(19-22)25(13-10-2)20(4)5/h9-10,13-20H,1-2,6,11-12H2,3-5,7-8H3/b25-13-. The molecule has 0 heterocycles. The molecule has 31 heavy (non-hydrogen) atoms. The molecule has 0 spiro atoms. The number of hydrogen-bond donors (Lipinski definition) is 0. The first-order chi connectivity index (χ1) is 14.7. The van der Waals surface area contributed by atoms with E-state index in [-0.39, 0.29) is 0 Å². The molecular weight excluding hydrogens is 400 g/mol. The molecule has 0 aromatic heterocycles. The molecule has 0 atom stereocenters. The molecule has 0 aliphatic rings. The maximum absolute atomic E-state index is 6.34. The normalized spacial score (nSPS) is 11.4. The van der Waals surface area contributed by atoms with E-state index >= 15 is 0 Å². The van der Waals surface area contributed by atoms with E-state index in [1.165, 1.54) is 16.8 Å². The lowest BCUT2D eigenvalue weighted by atomic mass is 9.91. The maximum atomic E-state index is 6.34. The van der Waals surface area contributed by atoms with E-state index in [1.807, 2.05) is 31.3 Å². The van der Waals surface area contributed by atoms with Gasteiger partial charge in [-0.3, -0.25) is 0 Å². The van der Waals surface area contributed by atoms with E-state index in [4.69, 9.17) is 11.6 Å². The molecule has 3 heteroatoms. The third-order valence-corrected chi connectivity index (χ3v) is 6.00. The van der Waals surface area contributed by atoms with Gasteiger partial charge in [0.1, 0.15) is 0 Å². The third kappa shape index (κ3) is 5.71. The van der Waals surface area contributed by atoms with Gasteiger partial charge in [0, 0.05) is 48.3 Å². The molecule has 0 aliphatic carbocycles. The van der Waals surface area contributed by atoms with E-state index in [0.717, 1.165) is 40.5 Å². The molecule has 0 aliphatic heterocycles. The van der Waals surface area contributed by atoms with E-state index in [9.17, 15) is 0 Å². The van der Waals surface area contributed by atoms with Gasteiger partial charge < -0.3 is 9.80 Å². The molecule has 0 saturated carbocycles. The second-order valence-corrected chi connectivity index (χ2v) is 8.44. The van der Waals surface area contributed by atoms with Crippen LogP contribution < -0.4 is 9.80 Å². The van der Waals surface area contributed by atoms with Crippen LogP contribution in [-0.2, 0) is 6.42 Å². The summed E-state index contributed by atoms with van der Waals surface area (Å²) in [7, 11) is 4.16. The summed E-state index contributed by atoms with van der Waals surface area (Å²) < 4.78 is 0. The van der Waals surface area contributed by atoms with Crippen LogP contribution in [0.5, 0.6) is 0 Å². The van der Waals surface area contributed by atoms with Crippen molar-refractivity contribution >= 4 is 34.2 Å². The summed E-state index contributed by atoms with van der Waals surface area (Å²) in [5.41, 5.74) is 7.82. The predicted molar refractivity (Wildman–Crippen MR) is 141 cm³/mol. The molecule has 2 aromatic carbocycles. The maximum Gasteiger partial charge on any atom is 0.0442 e. The summed E-state index contributed by atoms with van der Waals surface area (Å²) >= 11 is 6.34. The number of nitrogens with zero attached hydrogens (tertiary/aromatic N) is 2. The van der Waals surface area contributed by atoms with Gasteiger partial charge in [0.25, 0.3) is 0 Å². The fraction of sp³-hybridized carbons (Fsp3) is 0.286. The minimum atomic E-state index is 0.376. The Labute approximate surface area is 193 Å². The first kappa shape index (κ1) is 24.6. The van der Waals surface area contributed by atoms with E-state index in [2.05, 4.69) is 87.7 Å². The second-order valence-electron chi connectivity index (χ2n) is 8.03. The number of hydrogen-bond acceptors (Lipinski definition) is 2. The van der Waals surface area contributed by atoms with Crippen molar-refractivity contribution in [2.75, 3.05) is 30.4 Å². The summed E-state index contributed by atoms with van der Waals surface area (Å²) in [6.45, 7) is 19.7. The van der Waals surface area contributed by atoms with Crippen molar-refractivity contribution in [1.82, 2.24) is 0 Å². The number of rotatable bonds is 10. The third-order valence-electron chi connectivity index (χ3n) is 5.63. The quantitative estimate of drug-likeness (QED) is 0.277. The molecule has 2 rings (SSSR count). The Hall–Kier alpha value is -2.71. The first-order valence-corrected chi connectivity index (χ1v) is 11.1. The molecule has 2 nitrogen and oxygen atoms in total. The Morgan fingerprint density at radius 1 is 1.10 bits per heavy atom. The van der Waals surface area contributed by atoms with Crippen LogP contribution >= 0.6 is 11.6 Å². The van der Waals surface area contributed by atoms with Gasteiger partial charge in [-0.15, -0.1) is 6.58 Å². The molecule has 0 radical (unpaired) electrons. The van der Waals surface area contributed by atoms with Crippen molar-refractivity contribution in [3.8, 4) is 0 Å². The van der Waals surface area contributed by atoms with Crippen LogP contribution in [0.25, 0.3) is 11.3 Å². The highest BCUT2D eigenvalue weighted by Crippen LogP contribution is 2.35. The minimum absolute atomic E-state index is 0.376. The van der Waals surface area contributed by atoms with Crippen molar-refractivity contribution in [2.24, 2.45) is 5.92 Å². The molecule has 0 unspecified atom stereocenters. The lowest BCUT2D eigenvalue weighted by Gasteiger charge is -2.27. The van der Waals surface area contributed by atoms with Gasteiger partial charge in [0.2, 0.25) is 0 Å². The Bertz CT molecular complexity index is 985. The van der Waals surface area contributed by atoms with Crippen LogP contribution in [0.15, 0.2) is 74.4 Å². The van der Waals surface area contributed by atoms with Gasteiger partial charge in [-0.2, -0.15) is 0 Å². The SMILES string of the molecule is C=C/C=C(\c1cc(C(=C)N(C)c2ccc(Cl)c(CC=C)c2)ccc1N(C)CC)C(C)C. The van der Waals surface area contributed by atoms with E-state index in [1.54, 1.807) is 0 Å². The van der Waals surface area contributed by atoms with Gasteiger partial charge in [-0.1, -0.05) is 62.9 Å². The summed E-state index contributed by atoms with van der Waals surface area (Å²) in [4.78, 5) is 4.38. The van der Waals surface area contributed by atoms with Crippen molar-refractivity contribution in [1.29, 1.82) is 0 Å². The molecule has 0 bridgehead atoms. The van der Waals surface area contributed by atoms with Crippen LogP contribution in [0.3, 0.4) is 0 Å². The van der Waals surface area contributed by atoms with Crippen LogP contribution in [0.1, 0.15) is 37.5 Å². The Morgan fingerprint density at radius 3 is 2.39 bits per heavy atom. The van der Waals surface area contributed by atoms with E-state index < -0.39 is 0 Å². The number of benzene rings is 2. The zero-order chi connectivity index (χ0) is 23.1. The topological polar surface area (TPSA) is 6.48 Å². The summed E-state index contributed by atoms with van der Waals surface area (Å²) in [5, 5.41) is 0.757. The zero-order valence-electron chi connectivity index (χ0n) is 19.6. The van der Waals surface area contributed by atoms with Crippen LogP contribution in [-0.4, -0.2) is 20.6 Å². The van der Waals surface area contributed by atoms with E-state index in [0.29, 0.717) is 5.92 Å². The summed E-state index contributed by atoms with van der Waals surface area (Å²) in [6.07, 6.45) is 6.59. The van der Waals surface area contributed by atoms with Crippen LogP contribution in [0.2, 0.25) is 5.02 Å². The lowest BCUT2D eigenvalue weighted by Crippen LogP contribution is -2.19. The van der Waals surface area contributed by atoms with Crippen molar-refractivity contribution < 1.29 is 0 Å². The largest absolute Gasteiger partial charge is 0.374 e. The van der Waals surface area contributed by atoms with Gasteiger partial charge >= 0.3 is 0 Å². The second kappa shape index (κ2) is 11.1. The summed E-state index contributed by atoms with van der Waals surface area (Å²) in [5.74, 6) is 0.376. The summed E-state index contributed by atoms with van der Waals surface area (Å²) in [6, 6.07) is 12.7. The highest BCUT2D eigenvalue weighted by molar-refractivity contribution is 6.31. The highest BCUT2D eigenvalue weighted by Gasteiger charge is 2.17. The molecule has 0 saturated heterocycles. The fourth-order valence-electron chi connectivity index (χ4n) is 3.60. The van der Waals surface area contributed by atoms with Gasteiger partial charge in [0.15, 0.2) is 0 Å². The molecule has 0 amide bonds. The van der Waals surface area contributed by atoms with Gasteiger partial charge in [-0.05, 0) is 66.3 Å². The van der Waals surface area contributed by atoms with Crippen molar-refractivity contribution in [3.05, 3.63) is 96.1 Å². The number of halogens is 1. The van der Waals surface area contributed by atoms with Crippen LogP contribution in [0, 0.1) is 5.92 Å². The van der Waals surface area contributed by atoms with Crippen molar-refractivity contribution in [2.45, 2.75) is 27.2 Å². The average Bonchev–Trinajstić information content (AvgIpc) is 2.77. The molecule has 0 fully saturated rings. The van der Waals surface area contributed by atoms with Crippen molar-refractivity contribution in [3.63, 3.8) is 0 Å². The zero-order valence-corrected chi connectivity index (χ0v) is 20.3. The molecule has 2 aromatic rings. The van der Waals surface area contributed by atoms with Crippen LogP contribution in [0.4, 0.5) is 11.4 Å². The highest BCUT2D eigenvalue weighted by atomic mass is 35.5. The molecule has 164 valence electrons. The average molecular weight is 435 g/mol. The minimum Gasteiger partial charge on any atom is -0.374 e. The molecule has 0 N–H and O–H groups in total. The Kier molecular flexibility index (Phi) is 8.76. The van der Waals surface area contributed by atoms with Gasteiger partial charge in [0.05, 0.1) is 0 Å². The molecular formula is C28H35ClN2.